The Kier molecular flexibility index (Phi) is 10.2. The Morgan fingerprint density at radius 1 is 0.973 bits per heavy atom. The van der Waals surface area contributed by atoms with E-state index in [2.05, 4.69) is 10.6 Å². The van der Waals surface area contributed by atoms with Gasteiger partial charge in [0.05, 0.1) is 6.42 Å². The molecule has 0 saturated carbocycles. The fourth-order valence-corrected chi connectivity index (χ4v) is 3.97. The molecule has 2 rings (SSSR count). The predicted molar refractivity (Wildman–Crippen MR) is 143 cm³/mol. The Labute approximate surface area is 218 Å². The molecule has 2 aromatic rings. The molecule has 0 aromatic heterocycles. The molecule has 0 aliphatic heterocycles. The fraction of sp³-hybridized carbons (Fsp3) is 0.429. The average molecular weight is 511 g/mol. The highest BCUT2D eigenvalue weighted by Crippen LogP contribution is 2.27. The number of benzene rings is 2. The second kappa shape index (κ2) is 12.9. The summed E-state index contributed by atoms with van der Waals surface area (Å²) in [6.07, 6.45) is -0.778. The number of ether oxygens (including phenoxy) is 1. The first-order valence-corrected chi connectivity index (χ1v) is 12.3. The third-order valence-electron chi connectivity index (χ3n) is 5.55. The summed E-state index contributed by atoms with van der Waals surface area (Å²) in [7, 11) is 0. The number of nitrogens with one attached hydrogen (secondary N) is 2. The fourth-order valence-electron chi connectivity index (χ4n) is 3.97. The Bertz CT molecular complexity index is 1090. The molecule has 0 spiro atoms. The number of carbonyl (C=O) groups excluding carboxylic acids is 4. The van der Waals surface area contributed by atoms with Gasteiger partial charge in [0.15, 0.2) is 0 Å². The molecule has 9 nitrogen and oxygen atoms in total. The van der Waals surface area contributed by atoms with Crippen molar-refractivity contribution in [2.24, 2.45) is 5.73 Å². The molecule has 2 unspecified atom stereocenters. The van der Waals surface area contributed by atoms with Crippen LogP contribution in [0.2, 0.25) is 0 Å². The zero-order chi connectivity index (χ0) is 27.8. The smallest absolute Gasteiger partial charge is 0.408 e. The summed E-state index contributed by atoms with van der Waals surface area (Å²) in [5.41, 5.74) is 7.61. The minimum atomic E-state index is -1.31. The highest BCUT2D eigenvalue weighted by molar-refractivity contribution is 6.00. The van der Waals surface area contributed by atoms with Crippen LogP contribution in [0.3, 0.4) is 0 Å². The third-order valence-corrected chi connectivity index (χ3v) is 5.55. The number of carbonyl (C=O) groups is 4. The minimum absolute atomic E-state index is 0.198. The van der Waals surface area contributed by atoms with Crippen LogP contribution in [-0.4, -0.2) is 46.9 Å². The van der Waals surface area contributed by atoms with E-state index in [1.54, 1.807) is 45.0 Å². The lowest BCUT2D eigenvalue weighted by Crippen LogP contribution is -2.53. The lowest BCUT2D eigenvalue weighted by atomic mass is 10.0. The van der Waals surface area contributed by atoms with Gasteiger partial charge in [-0.25, -0.2) is 4.79 Å². The van der Waals surface area contributed by atoms with Gasteiger partial charge < -0.3 is 26.0 Å². The van der Waals surface area contributed by atoms with Crippen LogP contribution in [0.15, 0.2) is 48.5 Å². The average Bonchev–Trinajstić information content (AvgIpc) is 2.79. The summed E-state index contributed by atoms with van der Waals surface area (Å²) in [6, 6.07) is 12.2. The second-order valence-electron chi connectivity index (χ2n) is 9.97. The van der Waals surface area contributed by atoms with Gasteiger partial charge in [-0.15, -0.1) is 0 Å². The van der Waals surface area contributed by atoms with Crippen molar-refractivity contribution < 1.29 is 23.9 Å². The maximum atomic E-state index is 13.8. The van der Waals surface area contributed by atoms with E-state index in [-0.39, 0.29) is 6.54 Å². The van der Waals surface area contributed by atoms with Crippen LogP contribution in [0.4, 0.5) is 10.5 Å². The molecule has 0 saturated heterocycles. The van der Waals surface area contributed by atoms with E-state index in [1.165, 1.54) is 4.90 Å². The molecule has 0 aliphatic rings. The topological polar surface area (TPSA) is 131 Å². The van der Waals surface area contributed by atoms with Crippen LogP contribution < -0.4 is 16.4 Å². The van der Waals surface area contributed by atoms with Gasteiger partial charge in [-0.05, 0) is 57.7 Å². The van der Waals surface area contributed by atoms with Gasteiger partial charge in [-0.1, -0.05) is 55.5 Å². The van der Waals surface area contributed by atoms with E-state index in [9.17, 15) is 19.2 Å². The van der Waals surface area contributed by atoms with Crippen molar-refractivity contribution in [1.82, 2.24) is 10.2 Å². The molecule has 0 radical (unpaired) electrons. The van der Waals surface area contributed by atoms with Gasteiger partial charge in [0.1, 0.15) is 17.7 Å². The van der Waals surface area contributed by atoms with Crippen LogP contribution in [0.1, 0.15) is 63.3 Å². The lowest BCUT2D eigenvalue weighted by molar-refractivity contribution is -0.141. The standard InChI is InChI=1S/C28H38N4O5/c1-7-16-32(26(35)21(17-22(29)33)30-27(36)37-28(4,5)6)24(20-14-9-8-10-15-20)25(34)31-23-18(2)12-11-13-19(23)3/h8-15,21,24H,7,16-17H2,1-6H3,(H2,29,33)(H,30,36)(H,31,34). The number of amides is 4. The van der Waals surface area contributed by atoms with Crippen LogP contribution in [-0.2, 0) is 19.1 Å². The second-order valence-corrected chi connectivity index (χ2v) is 9.97. The number of alkyl carbamates (subject to hydrolysis) is 1. The highest BCUT2D eigenvalue weighted by atomic mass is 16.6. The minimum Gasteiger partial charge on any atom is -0.444 e. The molecule has 9 heteroatoms. The zero-order valence-corrected chi connectivity index (χ0v) is 22.5. The molecule has 2 aromatic carbocycles. The first-order chi connectivity index (χ1) is 17.3. The van der Waals surface area contributed by atoms with E-state index >= 15 is 0 Å². The maximum absolute atomic E-state index is 13.8. The highest BCUT2D eigenvalue weighted by Gasteiger charge is 2.36. The first kappa shape index (κ1) is 29.4. The number of rotatable bonds is 10. The number of hydrogen-bond acceptors (Lipinski definition) is 5. The van der Waals surface area contributed by atoms with Crippen LogP contribution in [0, 0.1) is 13.8 Å². The Balaban J connectivity index is 2.50. The summed E-state index contributed by atoms with van der Waals surface area (Å²) < 4.78 is 5.29. The van der Waals surface area contributed by atoms with Gasteiger partial charge in [-0.3, -0.25) is 14.4 Å². The van der Waals surface area contributed by atoms with E-state index < -0.39 is 47.9 Å². The van der Waals surface area contributed by atoms with Crippen molar-refractivity contribution in [2.75, 3.05) is 11.9 Å². The maximum Gasteiger partial charge on any atom is 0.408 e. The molecule has 2 atom stereocenters. The predicted octanol–water partition coefficient (Wildman–Crippen LogP) is 3.99. The Hall–Kier alpha value is -3.88. The number of hydrogen-bond donors (Lipinski definition) is 3. The van der Waals surface area contributed by atoms with Gasteiger partial charge in [0.25, 0.3) is 5.91 Å². The van der Waals surface area contributed by atoms with Crippen molar-refractivity contribution in [3.05, 3.63) is 65.2 Å². The van der Waals surface area contributed by atoms with Crippen molar-refractivity contribution in [2.45, 2.75) is 72.1 Å². The van der Waals surface area contributed by atoms with Crippen LogP contribution >= 0.6 is 0 Å². The number of anilines is 1. The molecule has 0 fully saturated rings. The van der Waals surface area contributed by atoms with Crippen LogP contribution in [0.25, 0.3) is 0 Å². The lowest BCUT2D eigenvalue weighted by Gasteiger charge is -2.34. The van der Waals surface area contributed by atoms with E-state index in [1.807, 2.05) is 45.0 Å². The summed E-state index contributed by atoms with van der Waals surface area (Å²) in [4.78, 5) is 53.3. The monoisotopic (exact) mass is 510 g/mol. The van der Waals surface area contributed by atoms with Gasteiger partial charge in [0.2, 0.25) is 11.8 Å². The third kappa shape index (κ3) is 8.63. The molecule has 4 N–H and O–H groups in total. The van der Waals surface area contributed by atoms with Gasteiger partial charge in [-0.2, -0.15) is 0 Å². The van der Waals surface area contributed by atoms with E-state index in [0.29, 0.717) is 17.7 Å². The molecular weight excluding hydrogens is 472 g/mol. The Morgan fingerprint density at radius 2 is 1.57 bits per heavy atom. The molecule has 37 heavy (non-hydrogen) atoms. The molecule has 0 bridgehead atoms. The molecule has 4 amide bonds. The van der Waals surface area contributed by atoms with Crippen molar-refractivity contribution in [3.63, 3.8) is 0 Å². The van der Waals surface area contributed by atoms with Crippen molar-refractivity contribution in [1.29, 1.82) is 0 Å². The van der Waals surface area contributed by atoms with Crippen molar-refractivity contribution in [3.8, 4) is 0 Å². The van der Waals surface area contributed by atoms with E-state index in [0.717, 1.165) is 11.1 Å². The summed E-state index contributed by atoms with van der Waals surface area (Å²) in [6.45, 7) is 10.9. The molecule has 0 heterocycles. The summed E-state index contributed by atoms with van der Waals surface area (Å²) >= 11 is 0. The van der Waals surface area contributed by atoms with Crippen molar-refractivity contribution >= 4 is 29.5 Å². The first-order valence-electron chi connectivity index (χ1n) is 12.3. The summed E-state index contributed by atoms with van der Waals surface area (Å²) in [5.74, 6) is -1.81. The number of nitrogens with two attached hydrogens (primary N) is 1. The normalized spacial score (nSPS) is 12.7. The Morgan fingerprint density at radius 3 is 2.08 bits per heavy atom. The zero-order valence-electron chi connectivity index (χ0n) is 22.5. The van der Waals surface area contributed by atoms with Crippen LogP contribution in [0.5, 0.6) is 0 Å². The SMILES string of the molecule is CCCN(C(=O)C(CC(N)=O)NC(=O)OC(C)(C)C)C(C(=O)Nc1c(C)cccc1C)c1ccccc1. The quantitative estimate of drug-likeness (QED) is 0.445. The summed E-state index contributed by atoms with van der Waals surface area (Å²) in [5, 5.41) is 5.46. The van der Waals surface area contributed by atoms with Gasteiger partial charge >= 0.3 is 6.09 Å². The molecule has 200 valence electrons. The number of aryl methyl sites for hydroxylation is 2. The largest absolute Gasteiger partial charge is 0.444 e. The number of para-hydroxylation sites is 1. The molecule has 0 aliphatic carbocycles. The van der Waals surface area contributed by atoms with E-state index in [4.69, 9.17) is 10.5 Å². The number of nitrogens with zero attached hydrogens (tertiary/aromatic N) is 1. The van der Waals surface area contributed by atoms with Gasteiger partial charge in [0, 0.05) is 12.2 Å². The molecular formula is C28H38N4O5. The number of primary amides is 1.